The third kappa shape index (κ3) is 1.29. The summed E-state index contributed by atoms with van der Waals surface area (Å²) in [5, 5.41) is 0. The van der Waals surface area contributed by atoms with Crippen molar-refractivity contribution in [2.45, 2.75) is 19.3 Å². The van der Waals surface area contributed by atoms with Gasteiger partial charge in [-0.1, -0.05) is 50.2 Å². The van der Waals surface area contributed by atoms with Crippen LogP contribution in [-0.4, -0.2) is 6.29 Å². The van der Waals surface area contributed by atoms with Crippen molar-refractivity contribution < 1.29 is 4.79 Å². The topological polar surface area (TPSA) is 17.1 Å². The van der Waals surface area contributed by atoms with Crippen molar-refractivity contribution in [3.63, 3.8) is 0 Å². The maximum absolute atomic E-state index is 10.9. The quantitative estimate of drug-likeness (QED) is 0.671. The van der Waals surface area contributed by atoms with Crippen LogP contribution < -0.4 is 0 Å². The van der Waals surface area contributed by atoms with Crippen LogP contribution in [0.25, 0.3) is 11.1 Å². The first-order chi connectivity index (χ1) is 8.14. The Balaban J connectivity index is 2.37. The molecule has 0 fully saturated rings. The molecule has 0 amide bonds. The van der Waals surface area contributed by atoms with Crippen molar-refractivity contribution in [2.24, 2.45) is 0 Å². The number of carbonyl (C=O) groups excluding carboxylic acids is 1. The molecule has 1 aliphatic rings. The lowest BCUT2D eigenvalue weighted by Gasteiger charge is -2.21. The van der Waals surface area contributed by atoms with Gasteiger partial charge in [-0.05, 0) is 28.3 Å². The van der Waals surface area contributed by atoms with Gasteiger partial charge < -0.3 is 0 Å². The molecule has 1 nitrogen and oxygen atoms in total. The summed E-state index contributed by atoms with van der Waals surface area (Å²) in [6, 6.07) is 14.4. The molecule has 3 rings (SSSR count). The first-order valence-corrected chi connectivity index (χ1v) is 5.84. The summed E-state index contributed by atoms with van der Waals surface area (Å²) in [5.74, 6) is 0. The van der Waals surface area contributed by atoms with Gasteiger partial charge in [0.25, 0.3) is 0 Å². The van der Waals surface area contributed by atoms with Gasteiger partial charge in [0.15, 0.2) is 0 Å². The van der Waals surface area contributed by atoms with E-state index in [1.807, 2.05) is 12.1 Å². The van der Waals surface area contributed by atoms with Gasteiger partial charge in [0, 0.05) is 11.0 Å². The minimum absolute atomic E-state index is 0.0351. The first kappa shape index (κ1) is 10.3. The molecule has 0 bridgehead atoms. The van der Waals surface area contributed by atoms with Crippen LogP contribution >= 0.6 is 0 Å². The van der Waals surface area contributed by atoms with E-state index in [2.05, 4.69) is 44.2 Å². The summed E-state index contributed by atoms with van der Waals surface area (Å²) in [6.45, 7) is 4.47. The summed E-state index contributed by atoms with van der Waals surface area (Å²) < 4.78 is 0. The standard InChI is InChI=1S/C16H14O/c1-16(2)14-6-4-3-5-12(14)13-9-11(10-17)7-8-15(13)16/h3-10H,1-2H3. The van der Waals surface area contributed by atoms with Gasteiger partial charge in [-0.2, -0.15) is 0 Å². The zero-order valence-electron chi connectivity index (χ0n) is 10.0. The highest BCUT2D eigenvalue weighted by atomic mass is 16.1. The van der Waals surface area contributed by atoms with Gasteiger partial charge >= 0.3 is 0 Å². The molecule has 84 valence electrons. The lowest BCUT2D eigenvalue weighted by atomic mass is 9.82. The summed E-state index contributed by atoms with van der Waals surface area (Å²) in [5.41, 5.74) is 5.90. The Kier molecular flexibility index (Phi) is 1.99. The van der Waals surface area contributed by atoms with Crippen LogP contribution in [0.3, 0.4) is 0 Å². The Morgan fingerprint density at radius 1 is 0.941 bits per heavy atom. The van der Waals surface area contributed by atoms with E-state index in [-0.39, 0.29) is 5.41 Å². The number of benzene rings is 2. The number of hydrogen-bond acceptors (Lipinski definition) is 1. The Morgan fingerprint density at radius 3 is 2.41 bits per heavy atom. The molecule has 0 saturated carbocycles. The van der Waals surface area contributed by atoms with Crippen LogP contribution in [0.4, 0.5) is 0 Å². The van der Waals surface area contributed by atoms with Crippen LogP contribution in [0.15, 0.2) is 42.5 Å². The average molecular weight is 222 g/mol. The van der Waals surface area contributed by atoms with Crippen LogP contribution in [0.1, 0.15) is 35.3 Å². The smallest absolute Gasteiger partial charge is 0.150 e. The van der Waals surface area contributed by atoms with E-state index >= 15 is 0 Å². The maximum Gasteiger partial charge on any atom is 0.150 e. The summed E-state index contributed by atoms with van der Waals surface area (Å²) in [6.07, 6.45) is 0.911. The van der Waals surface area contributed by atoms with Crippen LogP contribution in [0.2, 0.25) is 0 Å². The van der Waals surface area contributed by atoms with Gasteiger partial charge in [-0.25, -0.2) is 0 Å². The second kappa shape index (κ2) is 3.30. The molecule has 2 aromatic rings. The molecule has 17 heavy (non-hydrogen) atoms. The Bertz CT molecular complexity index is 609. The highest BCUT2D eigenvalue weighted by Gasteiger charge is 2.34. The second-order valence-corrected chi connectivity index (χ2v) is 5.09. The van der Waals surface area contributed by atoms with Gasteiger partial charge in [0.2, 0.25) is 0 Å². The van der Waals surface area contributed by atoms with E-state index in [9.17, 15) is 4.79 Å². The molecule has 1 aliphatic carbocycles. The Morgan fingerprint density at radius 2 is 1.65 bits per heavy atom. The van der Waals surface area contributed by atoms with E-state index in [0.29, 0.717) is 0 Å². The minimum Gasteiger partial charge on any atom is -0.298 e. The summed E-state index contributed by atoms with van der Waals surface area (Å²) in [7, 11) is 0. The largest absolute Gasteiger partial charge is 0.298 e. The molecule has 0 unspecified atom stereocenters. The molecule has 0 aromatic heterocycles. The third-order valence-corrected chi connectivity index (χ3v) is 3.74. The summed E-state index contributed by atoms with van der Waals surface area (Å²) in [4.78, 5) is 10.9. The maximum atomic E-state index is 10.9. The third-order valence-electron chi connectivity index (χ3n) is 3.74. The number of carbonyl (C=O) groups is 1. The van der Waals surface area contributed by atoms with Crippen molar-refractivity contribution in [2.75, 3.05) is 0 Å². The fraction of sp³-hybridized carbons (Fsp3) is 0.188. The van der Waals surface area contributed by atoms with Crippen molar-refractivity contribution in [1.82, 2.24) is 0 Å². The predicted octanol–water partition coefficient (Wildman–Crippen LogP) is 3.81. The molecule has 0 spiro atoms. The van der Waals surface area contributed by atoms with Crippen LogP contribution in [-0.2, 0) is 5.41 Å². The van der Waals surface area contributed by atoms with Gasteiger partial charge in [0.1, 0.15) is 6.29 Å². The highest BCUT2D eigenvalue weighted by Crippen LogP contribution is 2.48. The van der Waals surface area contributed by atoms with Gasteiger partial charge in [-0.15, -0.1) is 0 Å². The monoisotopic (exact) mass is 222 g/mol. The molecule has 1 heteroatoms. The molecule has 0 heterocycles. The van der Waals surface area contributed by atoms with Crippen molar-refractivity contribution in [3.8, 4) is 11.1 Å². The highest BCUT2D eigenvalue weighted by molar-refractivity contribution is 5.85. The van der Waals surface area contributed by atoms with Crippen molar-refractivity contribution in [3.05, 3.63) is 59.2 Å². The number of hydrogen-bond donors (Lipinski definition) is 0. The lowest BCUT2D eigenvalue weighted by molar-refractivity contribution is 0.112. The normalized spacial score (nSPS) is 15.2. The van der Waals surface area contributed by atoms with Gasteiger partial charge in [0.05, 0.1) is 0 Å². The Hall–Kier alpha value is -1.89. The molecule has 0 aliphatic heterocycles. The Labute approximate surface area is 101 Å². The molecular weight excluding hydrogens is 208 g/mol. The number of fused-ring (bicyclic) bond motifs is 3. The molecule has 0 saturated heterocycles. The zero-order chi connectivity index (χ0) is 12.0. The SMILES string of the molecule is CC1(C)c2ccccc2-c2cc(C=O)ccc21. The molecule has 0 N–H and O–H groups in total. The van der Waals surface area contributed by atoms with E-state index < -0.39 is 0 Å². The second-order valence-electron chi connectivity index (χ2n) is 5.09. The predicted molar refractivity (Wildman–Crippen MR) is 69.4 cm³/mol. The molecular formula is C16H14O. The fourth-order valence-corrected chi connectivity index (χ4v) is 2.81. The van der Waals surface area contributed by atoms with Crippen molar-refractivity contribution in [1.29, 1.82) is 0 Å². The van der Waals surface area contributed by atoms with Gasteiger partial charge in [-0.3, -0.25) is 4.79 Å². The fourth-order valence-electron chi connectivity index (χ4n) is 2.81. The first-order valence-electron chi connectivity index (χ1n) is 5.84. The van der Waals surface area contributed by atoms with E-state index in [0.717, 1.165) is 11.8 Å². The summed E-state index contributed by atoms with van der Waals surface area (Å²) >= 11 is 0. The molecule has 2 aromatic carbocycles. The van der Waals surface area contributed by atoms with E-state index in [1.54, 1.807) is 0 Å². The number of rotatable bonds is 1. The van der Waals surface area contributed by atoms with Crippen molar-refractivity contribution >= 4 is 6.29 Å². The number of aldehydes is 1. The molecule has 0 radical (unpaired) electrons. The van der Waals surface area contributed by atoms with E-state index in [4.69, 9.17) is 0 Å². The van der Waals surface area contributed by atoms with Crippen LogP contribution in [0.5, 0.6) is 0 Å². The zero-order valence-corrected chi connectivity index (χ0v) is 10.0. The van der Waals surface area contributed by atoms with Crippen LogP contribution in [0, 0.1) is 0 Å². The minimum atomic E-state index is 0.0351. The lowest BCUT2D eigenvalue weighted by Crippen LogP contribution is -2.14. The molecule has 0 atom stereocenters. The average Bonchev–Trinajstić information content (AvgIpc) is 2.59. The van der Waals surface area contributed by atoms with E-state index in [1.165, 1.54) is 22.3 Å².